The van der Waals surface area contributed by atoms with Gasteiger partial charge in [0.05, 0.1) is 10.8 Å². The molecule has 1 atom stereocenters. The van der Waals surface area contributed by atoms with E-state index >= 15 is 0 Å². The van der Waals surface area contributed by atoms with Gasteiger partial charge < -0.3 is 14.6 Å². The van der Waals surface area contributed by atoms with Gasteiger partial charge >= 0.3 is 0 Å². The number of fused-ring (bicyclic) bond motifs is 1. The number of aryl methyl sites for hydroxylation is 1. The zero-order chi connectivity index (χ0) is 22.7. The Bertz CT molecular complexity index is 1270. The Hall–Kier alpha value is -3.03. The number of thioether (sulfide) groups is 1. The van der Waals surface area contributed by atoms with Gasteiger partial charge in [-0.05, 0) is 43.0 Å². The number of aromatic nitrogens is 3. The van der Waals surface area contributed by atoms with Gasteiger partial charge in [-0.15, -0.1) is 10.2 Å². The summed E-state index contributed by atoms with van der Waals surface area (Å²) < 4.78 is 7.85. The monoisotopic (exact) mass is 466 g/mol. The maximum Gasteiger partial charge on any atom is 0.234 e. The molecular formula is C24H23ClN4O2S. The van der Waals surface area contributed by atoms with Crippen LogP contribution in [-0.2, 0) is 11.8 Å². The van der Waals surface area contributed by atoms with Crippen molar-refractivity contribution in [1.29, 1.82) is 0 Å². The van der Waals surface area contributed by atoms with Crippen LogP contribution in [0.2, 0.25) is 5.02 Å². The smallest absolute Gasteiger partial charge is 0.234 e. The quantitative estimate of drug-likeness (QED) is 0.348. The van der Waals surface area contributed by atoms with Crippen LogP contribution >= 0.6 is 23.4 Å². The molecule has 1 aromatic heterocycles. The van der Waals surface area contributed by atoms with Crippen molar-refractivity contribution < 1.29 is 9.53 Å². The first-order valence-corrected chi connectivity index (χ1v) is 11.5. The van der Waals surface area contributed by atoms with Crippen molar-refractivity contribution in [3.05, 3.63) is 77.1 Å². The third-order valence-corrected chi connectivity index (χ3v) is 6.35. The Kier molecular flexibility index (Phi) is 6.67. The zero-order valence-electron chi connectivity index (χ0n) is 18.0. The molecular weight excluding hydrogens is 444 g/mol. The number of hydrogen-bond donors (Lipinski definition) is 1. The summed E-state index contributed by atoms with van der Waals surface area (Å²) in [6.45, 7) is 3.87. The maximum absolute atomic E-state index is 12.6. The van der Waals surface area contributed by atoms with Crippen LogP contribution in [-0.4, -0.2) is 26.4 Å². The first kappa shape index (κ1) is 22.2. The van der Waals surface area contributed by atoms with E-state index in [1.807, 2.05) is 86.1 Å². The lowest BCUT2D eigenvalue weighted by atomic mass is 10.1. The highest BCUT2D eigenvalue weighted by atomic mass is 35.5. The highest BCUT2D eigenvalue weighted by Gasteiger charge is 2.19. The molecule has 0 radical (unpaired) electrons. The largest absolute Gasteiger partial charge is 0.481 e. The third kappa shape index (κ3) is 4.89. The van der Waals surface area contributed by atoms with Crippen LogP contribution < -0.4 is 10.1 Å². The summed E-state index contributed by atoms with van der Waals surface area (Å²) in [7, 11) is 1.86. The second-order valence-corrected chi connectivity index (χ2v) is 8.81. The standard InChI is InChI=1S/C24H23ClN4O2S/c1-15-11-12-19(25)21(13-15)31-16(2)23-27-28-24(29(23)3)32-14-22(30)26-20-10-6-8-17-7-4-5-9-18(17)20/h4-13,16H,14H2,1-3H3,(H,26,30). The van der Waals surface area contributed by atoms with Crippen molar-refractivity contribution in [3.63, 3.8) is 0 Å². The fourth-order valence-corrected chi connectivity index (χ4v) is 4.28. The molecule has 0 spiro atoms. The lowest BCUT2D eigenvalue weighted by Crippen LogP contribution is -2.15. The maximum atomic E-state index is 12.6. The first-order chi connectivity index (χ1) is 15.4. The van der Waals surface area contributed by atoms with Crippen LogP contribution in [0.1, 0.15) is 24.4 Å². The molecule has 32 heavy (non-hydrogen) atoms. The molecule has 0 fully saturated rings. The van der Waals surface area contributed by atoms with Gasteiger partial charge in [0.15, 0.2) is 17.1 Å². The van der Waals surface area contributed by atoms with Gasteiger partial charge in [-0.1, -0.05) is 65.8 Å². The fraction of sp³-hybridized carbons (Fsp3) is 0.208. The van der Waals surface area contributed by atoms with E-state index < -0.39 is 0 Å². The second kappa shape index (κ2) is 9.63. The van der Waals surface area contributed by atoms with Gasteiger partial charge in [-0.2, -0.15) is 0 Å². The van der Waals surface area contributed by atoms with E-state index in [2.05, 4.69) is 15.5 Å². The number of ether oxygens (including phenoxy) is 1. The van der Waals surface area contributed by atoms with E-state index in [0.29, 0.717) is 21.8 Å². The molecule has 0 saturated heterocycles. The van der Waals surface area contributed by atoms with Crippen molar-refractivity contribution in [3.8, 4) is 5.75 Å². The first-order valence-electron chi connectivity index (χ1n) is 10.1. The topological polar surface area (TPSA) is 69.0 Å². The molecule has 0 saturated carbocycles. The number of amides is 1. The van der Waals surface area contributed by atoms with Crippen molar-refractivity contribution in [1.82, 2.24) is 14.8 Å². The molecule has 4 rings (SSSR count). The summed E-state index contributed by atoms with van der Waals surface area (Å²) in [4.78, 5) is 12.6. The summed E-state index contributed by atoms with van der Waals surface area (Å²) in [5.74, 6) is 1.37. The minimum Gasteiger partial charge on any atom is -0.481 e. The Labute approximate surface area is 195 Å². The predicted octanol–water partition coefficient (Wildman–Crippen LogP) is 5.80. The van der Waals surface area contributed by atoms with Crippen LogP contribution in [0.25, 0.3) is 10.8 Å². The van der Waals surface area contributed by atoms with E-state index in [1.165, 1.54) is 11.8 Å². The van der Waals surface area contributed by atoms with E-state index in [9.17, 15) is 4.79 Å². The average molecular weight is 467 g/mol. The highest BCUT2D eigenvalue weighted by molar-refractivity contribution is 7.99. The van der Waals surface area contributed by atoms with Crippen molar-refractivity contribution in [2.24, 2.45) is 7.05 Å². The lowest BCUT2D eigenvalue weighted by Gasteiger charge is -2.15. The van der Waals surface area contributed by atoms with Gasteiger partial charge in [-0.25, -0.2) is 0 Å². The number of halogens is 1. The molecule has 1 heterocycles. The van der Waals surface area contributed by atoms with Gasteiger partial charge in [0, 0.05) is 18.1 Å². The summed E-state index contributed by atoms with van der Waals surface area (Å²) in [6, 6.07) is 19.4. The molecule has 164 valence electrons. The fourth-order valence-electron chi connectivity index (χ4n) is 3.40. The normalized spacial score (nSPS) is 12.0. The van der Waals surface area contributed by atoms with Crippen LogP contribution in [0.15, 0.2) is 65.8 Å². The Morgan fingerprint density at radius 2 is 1.94 bits per heavy atom. The number of carbonyl (C=O) groups is 1. The number of anilines is 1. The molecule has 3 aromatic carbocycles. The number of nitrogens with one attached hydrogen (secondary N) is 1. The molecule has 0 aliphatic rings. The zero-order valence-corrected chi connectivity index (χ0v) is 19.6. The van der Waals surface area contributed by atoms with Gasteiger partial charge in [-0.3, -0.25) is 4.79 Å². The second-order valence-electron chi connectivity index (χ2n) is 7.46. The molecule has 8 heteroatoms. The molecule has 4 aromatic rings. The van der Waals surface area contributed by atoms with Crippen molar-refractivity contribution in [2.75, 3.05) is 11.1 Å². The number of nitrogens with zero attached hydrogens (tertiary/aromatic N) is 3. The average Bonchev–Trinajstić information content (AvgIpc) is 3.15. The SMILES string of the molecule is Cc1ccc(Cl)c(OC(C)c2nnc(SCC(=O)Nc3cccc4ccccc34)n2C)c1. The molecule has 0 aliphatic heterocycles. The van der Waals surface area contributed by atoms with Crippen LogP contribution in [0.4, 0.5) is 5.69 Å². The summed E-state index contributed by atoms with van der Waals surface area (Å²) in [5.41, 5.74) is 1.85. The molecule has 1 N–H and O–H groups in total. The lowest BCUT2D eigenvalue weighted by molar-refractivity contribution is -0.113. The van der Waals surface area contributed by atoms with E-state index in [1.54, 1.807) is 0 Å². The Morgan fingerprint density at radius 1 is 1.16 bits per heavy atom. The van der Waals surface area contributed by atoms with Crippen LogP contribution in [0.5, 0.6) is 5.75 Å². The third-order valence-electron chi connectivity index (χ3n) is 5.02. The summed E-state index contributed by atoms with van der Waals surface area (Å²) in [5, 5.41) is 14.8. The Morgan fingerprint density at radius 3 is 2.78 bits per heavy atom. The van der Waals surface area contributed by atoms with Gasteiger partial charge in [0.25, 0.3) is 0 Å². The van der Waals surface area contributed by atoms with Gasteiger partial charge in [0.2, 0.25) is 5.91 Å². The van der Waals surface area contributed by atoms with Crippen LogP contribution in [0.3, 0.4) is 0 Å². The van der Waals surface area contributed by atoms with E-state index in [4.69, 9.17) is 16.3 Å². The number of carbonyl (C=O) groups excluding carboxylic acids is 1. The molecule has 1 unspecified atom stereocenters. The molecule has 0 aliphatic carbocycles. The number of rotatable bonds is 7. The van der Waals surface area contributed by atoms with E-state index in [0.717, 1.165) is 22.0 Å². The Balaban J connectivity index is 1.40. The number of benzene rings is 3. The molecule has 6 nitrogen and oxygen atoms in total. The van der Waals surface area contributed by atoms with Crippen molar-refractivity contribution >= 4 is 45.7 Å². The summed E-state index contributed by atoms with van der Waals surface area (Å²) in [6.07, 6.45) is -0.356. The molecule has 0 bridgehead atoms. The number of hydrogen-bond acceptors (Lipinski definition) is 5. The molecule has 1 amide bonds. The van der Waals surface area contributed by atoms with Gasteiger partial charge in [0.1, 0.15) is 5.75 Å². The highest BCUT2D eigenvalue weighted by Crippen LogP contribution is 2.30. The minimum absolute atomic E-state index is 0.105. The van der Waals surface area contributed by atoms with Crippen LogP contribution in [0, 0.1) is 6.92 Å². The minimum atomic E-state index is -0.356. The van der Waals surface area contributed by atoms with E-state index in [-0.39, 0.29) is 17.8 Å². The van der Waals surface area contributed by atoms with Crippen molar-refractivity contribution in [2.45, 2.75) is 25.1 Å². The predicted molar refractivity (Wildman–Crippen MR) is 130 cm³/mol. The summed E-state index contributed by atoms with van der Waals surface area (Å²) >= 11 is 7.57.